The van der Waals surface area contributed by atoms with Crippen molar-refractivity contribution in [2.45, 2.75) is 0 Å². The zero-order chi connectivity index (χ0) is 22.1. The Morgan fingerprint density at radius 3 is 2.10 bits per heavy atom. The van der Waals surface area contributed by atoms with E-state index in [0.29, 0.717) is 16.4 Å². The van der Waals surface area contributed by atoms with Crippen LogP contribution in [0, 0.1) is 20.2 Å². The van der Waals surface area contributed by atoms with Gasteiger partial charge in [-0.1, -0.05) is 51.8 Å². The molecule has 0 radical (unpaired) electrons. The number of nitro benzene ring substituents is 2. The molecule has 0 aliphatic carbocycles. The molecule has 4 rings (SSSR count). The van der Waals surface area contributed by atoms with Crippen molar-refractivity contribution in [1.29, 1.82) is 0 Å². The highest BCUT2D eigenvalue weighted by Crippen LogP contribution is 2.34. The van der Waals surface area contributed by atoms with Crippen LogP contribution in [0.3, 0.4) is 0 Å². The van der Waals surface area contributed by atoms with Crippen LogP contribution in [0.5, 0.6) is 0 Å². The van der Waals surface area contributed by atoms with Crippen molar-refractivity contribution < 1.29 is 9.85 Å². The molecule has 0 saturated carbocycles. The van der Waals surface area contributed by atoms with Crippen molar-refractivity contribution in [3.05, 3.63) is 103 Å². The maximum atomic E-state index is 11.7. The second-order valence-corrected chi connectivity index (χ2v) is 7.88. The minimum Gasteiger partial charge on any atom is -0.258 e. The summed E-state index contributed by atoms with van der Waals surface area (Å²) in [4.78, 5) is 21.5. The maximum absolute atomic E-state index is 11.7. The van der Waals surface area contributed by atoms with Crippen molar-refractivity contribution in [1.82, 2.24) is 9.78 Å². The van der Waals surface area contributed by atoms with Crippen LogP contribution in [0.4, 0.5) is 11.4 Å². The smallest absolute Gasteiger partial charge is 0.258 e. The highest BCUT2D eigenvalue weighted by Gasteiger charge is 2.24. The molecule has 154 valence electrons. The molecule has 0 bridgehead atoms. The van der Waals surface area contributed by atoms with Gasteiger partial charge < -0.3 is 0 Å². The number of non-ortho nitro benzene ring substituents is 1. The molecule has 31 heavy (non-hydrogen) atoms. The lowest BCUT2D eigenvalue weighted by Gasteiger charge is -2.08. The van der Waals surface area contributed by atoms with Crippen LogP contribution in [0.2, 0.25) is 5.02 Å². The van der Waals surface area contributed by atoms with Gasteiger partial charge in [-0.3, -0.25) is 20.2 Å². The van der Waals surface area contributed by atoms with Gasteiger partial charge >= 0.3 is 5.69 Å². The Bertz CT molecular complexity index is 1300. The van der Waals surface area contributed by atoms with Crippen LogP contribution in [-0.2, 0) is 0 Å². The van der Waals surface area contributed by atoms with Crippen LogP contribution in [0.1, 0.15) is 0 Å². The van der Waals surface area contributed by atoms with E-state index < -0.39 is 15.5 Å². The lowest BCUT2D eigenvalue weighted by Crippen LogP contribution is -2.04. The quantitative estimate of drug-likeness (QED) is 0.232. The third-order valence-electron chi connectivity index (χ3n) is 4.58. The molecule has 0 N–H and O–H groups in total. The third kappa shape index (κ3) is 4.18. The predicted octanol–water partition coefficient (Wildman–Crippen LogP) is 6.44. The minimum atomic E-state index is -0.673. The van der Waals surface area contributed by atoms with Crippen molar-refractivity contribution >= 4 is 38.9 Å². The topological polar surface area (TPSA) is 104 Å². The van der Waals surface area contributed by atoms with Gasteiger partial charge in [0.05, 0.1) is 27.3 Å². The molecule has 0 saturated heterocycles. The van der Waals surface area contributed by atoms with Crippen molar-refractivity contribution in [3.63, 3.8) is 0 Å². The first-order valence-electron chi connectivity index (χ1n) is 8.88. The molecule has 0 fully saturated rings. The first-order chi connectivity index (χ1) is 14.8. The molecule has 3 aromatic carbocycles. The summed E-state index contributed by atoms with van der Waals surface area (Å²) in [5.74, 6) is 0. The predicted molar refractivity (Wildman–Crippen MR) is 120 cm³/mol. The molecular formula is C21H12BrClN4O4. The number of hydrogen-bond acceptors (Lipinski definition) is 5. The van der Waals surface area contributed by atoms with Gasteiger partial charge in [-0.15, -0.1) is 0 Å². The second kappa shape index (κ2) is 8.29. The average Bonchev–Trinajstić information content (AvgIpc) is 3.19. The van der Waals surface area contributed by atoms with Gasteiger partial charge in [0.25, 0.3) is 5.69 Å². The van der Waals surface area contributed by atoms with E-state index in [1.54, 1.807) is 30.3 Å². The van der Waals surface area contributed by atoms with Crippen LogP contribution in [-0.4, -0.2) is 19.6 Å². The largest absolute Gasteiger partial charge is 0.301 e. The number of benzene rings is 3. The van der Waals surface area contributed by atoms with Gasteiger partial charge in [0.2, 0.25) is 0 Å². The molecule has 0 aliphatic rings. The number of halogens is 2. The zero-order valence-corrected chi connectivity index (χ0v) is 17.9. The fraction of sp³-hybridized carbons (Fsp3) is 0. The van der Waals surface area contributed by atoms with E-state index in [1.165, 1.54) is 16.8 Å². The zero-order valence-electron chi connectivity index (χ0n) is 15.6. The van der Waals surface area contributed by atoms with E-state index in [-0.39, 0.29) is 11.4 Å². The van der Waals surface area contributed by atoms with Gasteiger partial charge in [0.15, 0.2) is 0 Å². The number of nitro groups is 2. The molecular weight excluding hydrogens is 488 g/mol. The van der Waals surface area contributed by atoms with Gasteiger partial charge in [-0.25, -0.2) is 4.68 Å². The number of hydrogen-bond donors (Lipinski definition) is 0. The molecule has 0 spiro atoms. The molecule has 8 nitrogen and oxygen atoms in total. The van der Waals surface area contributed by atoms with E-state index in [0.717, 1.165) is 21.7 Å². The Hall–Kier alpha value is -3.56. The van der Waals surface area contributed by atoms with Gasteiger partial charge in [0, 0.05) is 26.7 Å². The van der Waals surface area contributed by atoms with E-state index in [4.69, 9.17) is 11.6 Å². The summed E-state index contributed by atoms with van der Waals surface area (Å²) >= 11 is 9.40. The second-order valence-electron chi connectivity index (χ2n) is 6.53. The lowest BCUT2D eigenvalue weighted by molar-refractivity contribution is -0.394. The molecule has 1 aromatic heterocycles. The van der Waals surface area contributed by atoms with E-state index >= 15 is 0 Å². The Morgan fingerprint density at radius 2 is 1.48 bits per heavy atom. The summed E-state index contributed by atoms with van der Waals surface area (Å²) in [6, 6.07) is 19.7. The summed E-state index contributed by atoms with van der Waals surface area (Å²) in [7, 11) is 0. The monoisotopic (exact) mass is 498 g/mol. The maximum Gasteiger partial charge on any atom is 0.301 e. The molecule has 4 aromatic rings. The SMILES string of the molecule is O=[N+]([O-])c1ccc(-n2nc(-c3ccc(Br)cc3)cc2-c2ccc(Cl)cc2)c([N+](=O)[O-])c1. The molecule has 0 atom stereocenters. The fourth-order valence-corrected chi connectivity index (χ4v) is 3.49. The van der Waals surface area contributed by atoms with E-state index in [9.17, 15) is 20.2 Å². The Kier molecular flexibility index (Phi) is 5.53. The number of aromatic nitrogens is 2. The normalized spacial score (nSPS) is 10.8. The van der Waals surface area contributed by atoms with Crippen LogP contribution < -0.4 is 0 Å². The first kappa shape index (κ1) is 20.7. The average molecular weight is 500 g/mol. The highest BCUT2D eigenvalue weighted by molar-refractivity contribution is 9.10. The summed E-state index contributed by atoms with van der Waals surface area (Å²) in [5, 5.41) is 27.9. The van der Waals surface area contributed by atoms with Gasteiger partial charge in [0.1, 0.15) is 5.69 Å². The highest BCUT2D eigenvalue weighted by atomic mass is 79.9. The molecule has 1 heterocycles. The molecule has 10 heteroatoms. The van der Waals surface area contributed by atoms with Crippen LogP contribution >= 0.6 is 27.5 Å². The third-order valence-corrected chi connectivity index (χ3v) is 5.36. The Labute approximate surface area is 189 Å². The van der Waals surface area contributed by atoms with Gasteiger partial charge in [-0.2, -0.15) is 5.10 Å². The number of rotatable bonds is 5. The van der Waals surface area contributed by atoms with Crippen molar-refractivity contribution in [2.24, 2.45) is 0 Å². The standard InChI is InChI=1S/C21H12BrClN4O4/c22-15-5-1-13(2-6-15)18-12-20(14-3-7-16(23)8-4-14)25(24-18)19-10-9-17(26(28)29)11-21(19)27(30)31/h1-12H. The summed E-state index contributed by atoms with van der Waals surface area (Å²) in [6.45, 7) is 0. The Morgan fingerprint density at radius 1 is 0.839 bits per heavy atom. The first-order valence-corrected chi connectivity index (χ1v) is 10.1. The Balaban J connectivity index is 1.96. The van der Waals surface area contributed by atoms with Gasteiger partial charge in [-0.05, 0) is 36.4 Å². The number of nitrogens with zero attached hydrogens (tertiary/aromatic N) is 4. The lowest BCUT2D eigenvalue weighted by atomic mass is 10.1. The van der Waals surface area contributed by atoms with E-state index in [1.807, 2.05) is 24.3 Å². The van der Waals surface area contributed by atoms with Crippen molar-refractivity contribution in [2.75, 3.05) is 0 Å². The van der Waals surface area contributed by atoms with E-state index in [2.05, 4.69) is 21.0 Å². The summed E-state index contributed by atoms with van der Waals surface area (Å²) in [6.07, 6.45) is 0. The van der Waals surface area contributed by atoms with Crippen LogP contribution in [0.15, 0.2) is 77.3 Å². The molecule has 0 unspecified atom stereocenters. The summed E-state index contributed by atoms with van der Waals surface area (Å²) in [5.41, 5.74) is 2.02. The summed E-state index contributed by atoms with van der Waals surface area (Å²) < 4.78 is 2.32. The fourth-order valence-electron chi connectivity index (χ4n) is 3.10. The van der Waals surface area contributed by atoms with Crippen LogP contribution in [0.25, 0.3) is 28.2 Å². The minimum absolute atomic E-state index is 0.115. The molecule has 0 aliphatic heterocycles. The molecule has 0 amide bonds. The van der Waals surface area contributed by atoms with Crippen molar-refractivity contribution in [3.8, 4) is 28.2 Å².